The molecule has 0 fully saturated rings. The van der Waals surface area contributed by atoms with E-state index in [1.807, 2.05) is 90.6 Å². The van der Waals surface area contributed by atoms with Crippen molar-refractivity contribution in [2.45, 2.75) is 81.3 Å². The first-order valence-electron chi connectivity index (χ1n) is 21.8. The number of allylic oxidation sites excluding steroid dienone is 2. The maximum Gasteiger partial charge on any atom is 0.248 e. The number of primary amides is 2. The lowest BCUT2D eigenvalue weighted by Crippen LogP contribution is -2.26. The summed E-state index contributed by atoms with van der Waals surface area (Å²) in [6.45, 7) is 22.8. The molecule has 18 heteroatoms. The number of hydrogen-bond donors (Lipinski definition) is 6. The molecule has 0 saturated carbocycles. The van der Waals surface area contributed by atoms with Gasteiger partial charge < -0.3 is 52.3 Å². The van der Waals surface area contributed by atoms with E-state index >= 15 is 0 Å². The molecule has 18 nitrogen and oxygen atoms in total. The fourth-order valence-electron chi connectivity index (χ4n) is 6.30. The van der Waals surface area contributed by atoms with Crippen molar-refractivity contribution in [2.75, 3.05) is 64.7 Å². The fraction of sp³-hybridized carbons (Fsp3) is 0.426. The molecule has 0 saturated heterocycles. The molecule has 0 aliphatic rings. The van der Waals surface area contributed by atoms with Gasteiger partial charge >= 0.3 is 0 Å². The van der Waals surface area contributed by atoms with Crippen LogP contribution in [0, 0.1) is 6.92 Å². The number of hydrogen-bond acceptors (Lipinski definition) is 14. The van der Waals surface area contributed by atoms with E-state index in [4.69, 9.17) is 40.8 Å². The first-order chi connectivity index (χ1) is 31.5. The average Bonchev–Trinajstić information content (AvgIpc) is 3.87. The summed E-state index contributed by atoms with van der Waals surface area (Å²) in [6, 6.07) is 8.74. The second-order valence-corrected chi connectivity index (χ2v) is 12.9. The Bertz CT molecular complexity index is 2270. The Kier molecular flexibility index (Phi) is 29.6. The van der Waals surface area contributed by atoms with E-state index < -0.39 is 5.91 Å². The third kappa shape index (κ3) is 16.8. The number of nitrogens with one attached hydrogen (secondary N) is 1. The molecule has 0 aliphatic carbocycles. The number of aromatic nitrogens is 5. The molecule has 0 radical (unpaired) electrons. The Morgan fingerprint density at radius 1 is 1.02 bits per heavy atom. The number of aliphatic imine (C=N–C) groups is 1. The molecule has 2 amide bonds. The van der Waals surface area contributed by atoms with Crippen molar-refractivity contribution in [3.8, 4) is 23.0 Å². The molecular formula is C47H74N12O6. The molecule has 0 bridgehead atoms. The van der Waals surface area contributed by atoms with Gasteiger partial charge in [0, 0.05) is 66.6 Å². The quantitative estimate of drug-likeness (QED) is 0.0181. The number of amides is 2. The van der Waals surface area contributed by atoms with Gasteiger partial charge in [-0.3, -0.25) is 24.1 Å². The maximum absolute atomic E-state index is 12.2. The summed E-state index contributed by atoms with van der Waals surface area (Å²) >= 11 is 0. The van der Waals surface area contributed by atoms with Crippen LogP contribution in [0.15, 0.2) is 65.4 Å². The zero-order valence-corrected chi connectivity index (χ0v) is 40.4. The van der Waals surface area contributed by atoms with Crippen LogP contribution < -0.4 is 42.6 Å². The normalized spacial score (nSPS) is 10.4. The van der Waals surface area contributed by atoms with E-state index in [0.29, 0.717) is 79.1 Å². The number of ether oxygens (including phenoxy) is 2. The van der Waals surface area contributed by atoms with Crippen LogP contribution in [-0.4, -0.2) is 109 Å². The molecule has 0 unspecified atom stereocenters. The largest absolute Gasteiger partial charge is 0.495 e. The number of fused-ring (bicyclic) bond motifs is 3. The summed E-state index contributed by atoms with van der Waals surface area (Å²) in [5, 5.41) is 16.9. The molecule has 3 heterocycles. The molecule has 5 rings (SSSR count). The molecule has 10 N–H and O–H groups in total. The van der Waals surface area contributed by atoms with Crippen molar-refractivity contribution in [3.05, 3.63) is 77.3 Å². The van der Waals surface area contributed by atoms with Gasteiger partial charge in [0.1, 0.15) is 34.8 Å². The van der Waals surface area contributed by atoms with Crippen LogP contribution in [0.25, 0.3) is 33.5 Å². The van der Waals surface area contributed by atoms with Crippen LogP contribution in [-0.2, 0) is 17.9 Å². The van der Waals surface area contributed by atoms with Crippen LogP contribution >= 0.6 is 0 Å². The number of aldehydes is 1. The smallest absolute Gasteiger partial charge is 0.248 e. The lowest BCUT2D eigenvalue weighted by molar-refractivity contribution is -0.106. The number of rotatable bonds is 19. The number of carbonyl (C=O) groups is 3. The van der Waals surface area contributed by atoms with E-state index in [9.17, 15) is 9.59 Å². The topological polar surface area (TPSA) is 270 Å². The predicted octanol–water partition coefficient (Wildman–Crippen LogP) is 6.05. The zero-order chi connectivity index (χ0) is 49.5. The number of carbonyl (C=O) groups excluding carboxylic acids is 3. The van der Waals surface area contributed by atoms with Gasteiger partial charge in [0.05, 0.1) is 30.6 Å². The van der Waals surface area contributed by atoms with Crippen molar-refractivity contribution < 1.29 is 29.0 Å². The Morgan fingerprint density at radius 2 is 1.68 bits per heavy atom. The standard InChI is InChI=1S/C39H48N10O4.C2H6O.2C2H6.CH3NO.CH5N/c1-7-28(43-5)12-16-47(36-31(40)21-27(37(41)51)22-34(36)53-17-11-13-42-4)14-9-10-15-48-35-29(19-26(24-50)20-33(35)52-6)30-23-44-38(45-39(30)48)32-18-25(3)46-49(32)8-2;1-2-3;2*1-2;2-1-3;1-2/h9-10,12,18-24,42H,5,7-8,11,13-17,40H2,1-4,6H3,(H2,41,51);3H,2H2,1H3;2*1-2H3;1H,(H2,2,3);2H2,1H3/b10-9+,28-12+;;;;;. The molecule has 65 heavy (non-hydrogen) atoms. The van der Waals surface area contributed by atoms with Crippen molar-refractivity contribution in [2.24, 2.45) is 22.2 Å². The second-order valence-electron chi connectivity index (χ2n) is 12.9. The molecule has 358 valence electrons. The van der Waals surface area contributed by atoms with Crippen molar-refractivity contribution in [3.63, 3.8) is 0 Å². The second kappa shape index (κ2) is 33.0. The van der Waals surface area contributed by atoms with Gasteiger partial charge in [0.2, 0.25) is 12.3 Å². The predicted molar refractivity (Wildman–Crippen MR) is 267 cm³/mol. The van der Waals surface area contributed by atoms with Crippen LogP contribution in [0.2, 0.25) is 0 Å². The minimum absolute atomic E-state index is 0.250. The number of nitrogens with two attached hydrogens (primary N) is 4. The molecule has 3 aromatic heterocycles. The van der Waals surface area contributed by atoms with Gasteiger partial charge in [-0.25, -0.2) is 9.97 Å². The highest BCUT2D eigenvalue weighted by atomic mass is 16.5. The van der Waals surface area contributed by atoms with Crippen molar-refractivity contribution >= 4 is 58.6 Å². The van der Waals surface area contributed by atoms with Gasteiger partial charge in [-0.15, -0.1) is 0 Å². The number of benzene rings is 2. The van der Waals surface area contributed by atoms with E-state index in [1.54, 1.807) is 38.4 Å². The summed E-state index contributed by atoms with van der Waals surface area (Å²) in [7, 11) is 4.96. The monoisotopic (exact) mass is 903 g/mol. The Labute approximate surface area is 384 Å². The molecule has 0 spiro atoms. The molecule has 0 atom stereocenters. The summed E-state index contributed by atoms with van der Waals surface area (Å²) in [5.41, 5.74) is 26.7. The number of aryl methyl sites for hydroxylation is 2. The number of methoxy groups -OCH3 is 1. The highest BCUT2D eigenvalue weighted by molar-refractivity contribution is 6.10. The molecule has 2 aromatic carbocycles. The SMILES string of the molecule is C=N/C(=C/CN(C/C=C/Cn1c2nc(-c3cc(C)nn3CC)ncc2c2cc(C=O)cc(OC)c21)c1c(N)cc(C(N)=O)cc1OCCCNC)CC.CC.CC.CCO.CN.NC=O. The first-order valence-corrected chi connectivity index (χ1v) is 21.8. The Morgan fingerprint density at radius 3 is 2.23 bits per heavy atom. The highest BCUT2D eigenvalue weighted by Crippen LogP contribution is 2.38. The van der Waals surface area contributed by atoms with Gasteiger partial charge in [-0.05, 0) is 97.4 Å². The summed E-state index contributed by atoms with van der Waals surface area (Å²) in [4.78, 5) is 48.7. The Hall–Kier alpha value is -6.63. The summed E-state index contributed by atoms with van der Waals surface area (Å²) in [5.74, 6) is 0.956. The minimum Gasteiger partial charge on any atom is -0.495 e. The maximum atomic E-state index is 12.2. The lowest BCUT2D eigenvalue weighted by Gasteiger charge is -2.27. The van der Waals surface area contributed by atoms with Crippen molar-refractivity contribution in [1.82, 2.24) is 29.6 Å². The first kappa shape index (κ1) is 58.4. The highest BCUT2D eigenvalue weighted by Gasteiger charge is 2.21. The number of anilines is 2. The van der Waals surface area contributed by atoms with Crippen LogP contribution in [0.5, 0.6) is 11.5 Å². The fourth-order valence-corrected chi connectivity index (χ4v) is 6.30. The third-order valence-electron chi connectivity index (χ3n) is 8.90. The lowest BCUT2D eigenvalue weighted by atomic mass is 10.1. The van der Waals surface area contributed by atoms with Crippen molar-refractivity contribution in [1.29, 1.82) is 0 Å². The van der Waals surface area contributed by atoms with Crippen LogP contribution in [0.4, 0.5) is 11.4 Å². The number of nitrogens with zero attached hydrogens (tertiary/aromatic N) is 7. The van der Waals surface area contributed by atoms with E-state index in [-0.39, 0.29) is 18.6 Å². The van der Waals surface area contributed by atoms with E-state index in [2.05, 4.69) is 43.1 Å². The van der Waals surface area contributed by atoms with Crippen LogP contribution in [0.3, 0.4) is 0 Å². The molecular weight excluding hydrogens is 829 g/mol. The van der Waals surface area contributed by atoms with Crippen LogP contribution in [0.1, 0.15) is 87.7 Å². The summed E-state index contributed by atoms with van der Waals surface area (Å²) < 4.78 is 16.0. The number of aliphatic hydroxyl groups is 1. The summed E-state index contributed by atoms with van der Waals surface area (Å²) in [6.07, 6.45) is 10.4. The van der Waals surface area contributed by atoms with Gasteiger partial charge in [-0.1, -0.05) is 46.8 Å². The molecule has 5 aromatic rings. The number of nitrogen functional groups attached to an aromatic ring is 1. The van der Waals surface area contributed by atoms with Gasteiger partial charge in [0.25, 0.3) is 0 Å². The van der Waals surface area contributed by atoms with E-state index in [1.165, 1.54) is 7.05 Å². The minimum atomic E-state index is -0.595. The Balaban J connectivity index is 0.00000311. The third-order valence-corrected chi connectivity index (χ3v) is 8.90. The number of aliphatic hydroxyl groups excluding tert-OH is 1. The van der Waals surface area contributed by atoms with E-state index in [0.717, 1.165) is 52.6 Å². The zero-order valence-electron chi connectivity index (χ0n) is 40.4. The van der Waals surface area contributed by atoms with Gasteiger partial charge in [0.15, 0.2) is 5.82 Å². The average molecular weight is 903 g/mol. The van der Waals surface area contributed by atoms with Gasteiger partial charge in [-0.2, -0.15) is 5.10 Å². The molecule has 0 aliphatic heterocycles.